The van der Waals surface area contributed by atoms with Crippen molar-refractivity contribution in [3.05, 3.63) is 47.9 Å². The number of aliphatic hydroxyl groups excluding tert-OH is 1. The first-order chi connectivity index (χ1) is 11.0. The number of carbonyl (C=O) groups is 1. The number of anilines is 2. The van der Waals surface area contributed by atoms with E-state index in [0.29, 0.717) is 35.7 Å². The van der Waals surface area contributed by atoms with Crippen molar-refractivity contribution in [3.8, 4) is 0 Å². The Bertz CT molecular complexity index is 811. The Morgan fingerprint density at radius 2 is 2.04 bits per heavy atom. The van der Waals surface area contributed by atoms with Crippen molar-refractivity contribution >= 4 is 27.3 Å². The van der Waals surface area contributed by atoms with E-state index >= 15 is 0 Å². The number of sulfonamides is 1. The normalized spacial score (nSPS) is 16.5. The van der Waals surface area contributed by atoms with Gasteiger partial charge in [0.1, 0.15) is 18.6 Å². The number of carbonyl (C=O) groups excluding carboxylic acids is 1. The Hall–Kier alpha value is -2.32. The second kappa shape index (κ2) is 6.05. The summed E-state index contributed by atoms with van der Waals surface area (Å²) in [6, 6.07) is 8.07. The molecule has 23 heavy (non-hydrogen) atoms. The average Bonchev–Trinajstić information content (AvgIpc) is 3.14. The van der Waals surface area contributed by atoms with E-state index in [4.69, 9.17) is 9.52 Å². The van der Waals surface area contributed by atoms with E-state index in [2.05, 4.69) is 5.32 Å². The maximum absolute atomic E-state index is 12.0. The molecule has 7 nitrogen and oxygen atoms in total. The molecule has 1 aromatic heterocycles. The Balaban J connectivity index is 1.71. The van der Waals surface area contributed by atoms with E-state index in [1.54, 1.807) is 24.3 Å². The van der Waals surface area contributed by atoms with E-state index in [1.807, 2.05) is 0 Å². The lowest BCUT2D eigenvalue weighted by molar-refractivity contribution is 0.102. The van der Waals surface area contributed by atoms with Crippen molar-refractivity contribution < 1.29 is 22.7 Å². The zero-order chi connectivity index (χ0) is 16.4. The minimum atomic E-state index is -3.21. The topological polar surface area (TPSA) is 99.9 Å². The summed E-state index contributed by atoms with van der Waals surface area (Å²) in [6.07, 6.45) is 1.89. The molecule has 2 N–H and O–H groups in total. The molecule has 0 radical (unpaired) electrons. The first-order valence-corrected chi connectivity index (χ1v) is 8.70. The second-order valence-corrected chi connectivity index (χ2v) is 7.22. The third-order valence-electron chi connectivity index (χ3n) is 3.58. The fourth-order valence-electron chi connectivity index (χ4n) is 2.43. The van der Waals surface area contributed by atoms with Gasteiger partial charge < -0.3 is 14.8 Å². The molecular weight excluding hydrogens is 320 g/mol. The van der Waals surface area contributed by atoms with Crippen LogP contribution in [0.25, 0.3) is 0 Å². The van der Waals surface area contributed by atoms with Crippen LogP contribution in [-0.4, -0.2) is 31.7 Å². The number of hydrogen-bond acceptors (Lipinski definition) is 5. The van der Waals surface area contributed by atoms with Gasteiger partial charge in [0.2, 0.25) is 10.0 Å². The highest BCUT2D eigenvalue weighted by molar-refractivity contribution is 7.93. The standard InChI is InChI=1S/C15H16N2O5S/c18-9-14-8-11(10-22-14)15(19)16-12-2-4-13(5-3-12)17-6-1-7-23(17,20)21/h2-5,8,10,18H,1,6-7,9H2,(H,16,19). The molecule has 2 aromatic rings. The first kappa shape index (κ1) is 15.6. The van der Waals surface area contributed by atoms with Crippen molar-refractivity contribution in [3.63, 3.8) is 0 Å². The highest BCUT2D eigenvalue weighted by Gasteiger charge is 2.28. The largest absolute Gasteiger partial charge is 0.466 e. The Labute approximate surface area is 133 Å². The lowest BCUT2D eigenvalue weighted by Gasteiger charge is -2.17. The summed E-state index contributed by atoms with van der Waals surface area (Å²) in [4.78, 5) is 12.0. The third-order valence-corrected chi connectivity index (χ3v) is 5.45. The second-order valence-electron chi connectivity index (χ2n) is 5.20. The zero-order valence-corrected chi connectivity index (χ0v) is 13.0. The van der Waals surface area contributed by atoms with Crippen LogP contribution in [0.4, 0.5) is 11.4 Å². The van der Waals surface area contributed by atoms with E-state index in [9.17, 15) is 13.2 Å². The van der Waals surface area contributed by atoms with Crippen molar-refractivity contribution in [1.82, 2.24) is 0 Å². The lowest BCUT2D eigenvalue weighted by atomic mass is 10.2. The van der Waals surface area contributed by atoms with Gasteiger partial charge in [0, 0.05) is 12.2 Å². The highest BCUT2D eigenvalue weighted by Crippen LogP contribution is 2.25. The SMILES string of the molecule is O=C(Nc1ccc(N2CCCS2(=O)=O)cc1)c1coc(CO)c1. The number of nitrogens with zero attached hydrogens (tertiary/aromatic N) is 1. The highest BCUT2D eigenvalue weighted by atomic mass is 32.2. The van der Waals surface area contributed by atoms with Crippen LogP contribution in [0.3, 0.4) is 0 Å². The van der Waals surface area contributed by atoms with E-state index in [-0.39, 0.29) is 18.3 Å². The van der Waals surface area contributed by atoms with Gasteiger partial charge in [-0.3, -0.25) is 9.10 Å². The molecule has 0 spiro atoms. The van der Waals surface area contributed by atoms with Crippen LogP contribution < -0.4 is 9.62 Å². The molecule has 0 bridgehead atoms. The number of amides is 1. The molecule has 8 heteroatoms. The van der Waals surface area contributed by atoms with Gasteiger partial charge in [-0.2, -0.15) is 0 Å². The molecule has 0 unspecified atom stereocenters. The van der Waals surface area contributed by atoms with Crippen LogP contribution in [0.15, 0.2) is 41.0 Å². The quantitative estimate of drug-likeness (QED) is 0.883. The van der Waals surface area contributed by atoms with Gasteiger partial charge in [-0.25, -0.2) is 8.42 Å². The number of hydrogen-bond donors (Lipinski definition) is 2. The van der Waals surface area contributed by atoms with Crippen LogP contribution in [0, 0.1) is 0 Å². The molecule has 1 aliphatic heterocycles. The molecule has 0 saturated carbocycles. The molecule has 1 amide bonds. The fraction of sp³-hybridized carbons (Fsp3) is 0.267. The first-order valence-electron chi connectivity index (χ1n) is 7.10. The summed E-state index contributed by atoms with van der Waals surface area (Å²) in [7, 11) is -3.21. The minimum absolute atomic E-state index is 0.166. The molecule has 2 heterocycles. The van der Waals surface area contributed by atoms with Gasteiger partial charge in [-0.05, 0) is 36.8 Å². The maximum atomic E-state index is 12.0. The molecule has 1 aliphatic rings. The van der Waals surface area contributed by atoms with Crippen LogP contribution in [0.5, 0.6) is 0 Å². The summed E-state index contributed by atoms with van der Waals surface area (Å²) < 4.78 is 30.1. The molecule has 122 valence electrons. The Morgan fingerprint density at radius 1 is 1.30 bits per heavy atom. The van der Waals surface area contributed by atoms with Gasteiger partial charge in [-0.1, -0.05) is 0 Å². The van der Waals surface area contributed by atoms with Gasteiger partial charge in [0.05, 0.1) is 17.0 Å². The molecule has 1 fully saturated rings. The number of furan rings is 1. The zero-order valence-electron chi connectivity index (χ0n) is 12.2. The van der Waals surface area contributed by atoms with Gasteiger partial charge in [0.15, 0.2) is 0 Å². The molecule has 0 atom stereocenters. The minimum Gasteiger partial charge on any atom is -0.466 e. The van der Waals surface area contributed by atoms with E-state index in [0.717, 1.165) is 0 Å². The average molecular weight is 336 g/mol. The number of rotatable bonds is 4. The summed E-state index contributed by atoms with van der Waals surface area (Å²) in [5.74, 6) is 0.110. The van der Waals surface area contributed by atoms with E-state index in [1.165, 1.54) is 16.6 Å². The summed E-state index contributed by atoms with van der Waals surface area (Å²) in [5, 5.41) is 11.6. The summed E-state index contributed by atoms with van der Waals surface area (Å²) >= 11 is 0. The maximum Gasteiger partial charge on any atom is 0.258 e. The number of aliphatic hydroxyl groups is 1. The number of nitrogens with one attached hydrogen (secondary N) is 1. The smallest absolute Gasteiger partial charge is 0.258 e. The molecular formula is C15H16N2O5S. The van der Waals surface area contributed by atoms with Crippen LogP contribution in [0.2, 0.25) is 0 Å². The molecule has 1 saturated heterocycles. The molecule has 0 aliphatic carbocycles. The predicted octanol–water partition coefficient (Wildman–Crippen LogP) is 1.56. The molecule has 1 aromatic carbocycles. The van der Waals surface area contributed by atoms with Crippen molar-refractivity contribution in [2.75, 3.05) is 21.9 Å². The lowest BCUT2D eigenvalue weighted by Crippen LogP contribution is -2.24. The van der Waals surface area contributed by atoms with Crippen LogP contribution >= 0.6 is 0 Å². The Kier molecular flexibility index (Phi) is 4.10. The fourth-order valence-corrected chi connectivity index (χ4v) is 3.99. The van der Waals surface area contributed by atoms with Crippen molar-refractivity contribution in [2.24, 2.45) is 0 Å². The summed E-state index contributed by atoms with van der Waals surface area (Å²) in [6.45, 7) is 0.208. The third kappa shape index (κ3) is 3.22. The van der Waals surface area contributed by atoms with Gasteiger partial charge >= 0.3 is 0 Å². The van der Waals surface area contributed by atoms with E-state index < -0.39 is 10.0 Å². The van der Waals surface area contributed by atoms with Crippen molar-refractivity contribution in [2.45, 2.75) is 13.0 Å². The predicted molar refractivity (Wildman–Crippen MR) is 84.8 cm³/mol. The van der Waals surface area contributed by atoms with Crippen LogP contribution in [-0.2, 0) is 16.6 Å². The molecule has 3 rings (SSSR count). The van der Waals surface area contributed by atoms with Gasteiger partial charge in [-0.15, -0.1) is 0 Å². The van der Waals surface area contributed by atoms with Gasteiger partial charge in [0.25, 0.3) is 5.91 Å². The summed E-state index contributed by atoms with van der Waals surface area (Å²) in [5.41, 5.74) is 1.44. The monoisotopic (exact) mass is 336 g/mol. The number of benzene rings is 1. The van der Waals surface area contributed by atoms with Crippen LogP contribution in [0.1, 0.15) is 22.5 Å². The Morgan fingerprint density at radius 3 is 2.61 bits per heavy atom. The van der Waals surface area contributed by atoms with Crippen molar-refractivity contribution in [1.29, 1.82) is 0 Å².